The molecule has 1 aromatic rings. The average Bonchev–Trinajstić information content (AvgIpc) is 2.55. The number of ether oxygens (including phenoxy) is 1. The van der Waals surface area contributed by atoms with E-state index in [0.29, 0.717) is 17.2 Å². The smallest absolute Gasteiger partial charge is 0.321 e. The van der Waals surface area contributed by atoms with Crippen LogP contribution in [0.25, 0.3) is 0 Å². The number of nitriles is 1. The molecule has 2 atom stereocenters. The molecule has 23 heavy (non-hydrogen) atoms. The van der Waals surface area contributed by atoms with Crippen LogP contribution >= 0.6 is 0 Å². The predicted molar refractivity (Wildman–Crippen MR) is 84.7 cm³/mol. The number of carbonyl (C=O) groups excluding carboxylic acids is 2. The van der Waals surface area contributed by atoms with Crippen molar-refractivity contribution in [3.63, 3.8) is 0 Å². The zero-order valence-corrected chi connectivity index (χ0v) is 13.2. The first-order valence-corrected chi connectivity index (χ1v) is 7.82. The summed E-state index contributed by atoms with van der Waals surface area (Å²) in [5.41, 5.74) is 0.451. The van der Waals surface area contributed by atoms with E-state index in [1.165, 1.54) is 12.5 Å². The van der Waals surface area contributed by atoms with Gasteiger partial charge < -0.3 is 10.1 Å². The Kier molecular flexibility index (Phi) is 5.98. The van der Waals surface area contributed by atoms with Crippen molar-refractivity contribution >= 4 is 11.9 Å². The van der Waals surface area contributed by atoms with Gasteiger partial charge in [0.25, 0.3) is 5.91 Å². The second kappa shape index (κ2) is 8.18. The Hall–Kier alpha value is -2.55. The van der Waals surface area contributed by atoms with E-state index in [4.69, 9.17) is 10.00 Å². The fourth-order valence-corrected chi connectivity index (χ4v) is 2.70. The fourth-order valence-electron chi connectivity index (χ4n) is 2.70. The Morgan fingerprint density at radius 2 is 2.13 bits per heavy atom. The summed E-state index contributed by atoms with van der Waals surface area (Å²) in [6, 6.07) is 8.13. The number of benzene rings is 1. The van der Waals surface area contributed by atoms with Gasteiger partial charge in [0.1, 0.15) is 5.75 Å². The lowest BCUT2D eigenvalue weighted by Gasteiger charge is -2.29. The molecule has 1 aliphatic carbocycles. The molecule has 1 aromatic carbocycles. The van der Waals surface area contributed by atoms with Crippen LogP contribution in [0, 0.1) is 17.2 Å². The van der Waals surface area contributed by atoms with Crippen molar-refractivity contribution in [2.45, 2.75) is 38.6 Å². The van der Waals surface area contributed by atoms with Crippen molar-refractivity contribution in [3.05, 3.63) is 29.8 Å². The van der Waals surface area contributed by atoms with E-state index < -0.39 is 11.9 Å². The van der Waals surface area contributed by atoms with Gasteiger partial charge in [0.15, 0.2) is 6.61 Å². The molecule has 2 N–H and O–H groups in total. The van der Waals surface area contributed by atoms with Crippen LogP contribution in [0.4, 0.5) is 4.79 Å². The lowest BCUT2D eigenvalue weighted by molar-refractivity contribution is -0.122. The summed E-state index contributed by atoms with van der Waals surface area (Å²) in [6.45, 7) is 1.83. The van der Waals surface area contributed by atoms with E-state index in [1.807, 2.05) is 6.07 Å². The van der Waals surface area contributed by atoms with Crippen molar-refractivity contribution in [1.29, 1.82) is 5.26 Å². The van der Waals surface area contributed by atoms with Gasteiger partial charge in [-0.15, -0.1) is 0 Å². The first-order valence-electron chi connectivity index (χ1n) is 7.82. The van der Waals surface area contributed by atoms with Crippen LogP contribution in [0.1, 0.15) is 38.2 Å². The van der Waals surface area contributed by atoms with Crippen molar-refractivity contribution in [2.24, 2.45) is 5.92 Å². The summed E-state index contributed by atoms with van der Waals surface area (Å²) in [5.74, 6) is 0.323. The molecular weight excluding hydrogens is 294 g/mol. The second-order valence-corrected chi connectivity index (χ2v) is 5.82. The van der Waals surface area contributed by atoms with Gasteiger partial charge in [-0.3, -0.25) is 10.1 Å². The molecule has 1 saturated carbocycles. The Bertz CT molecular complexity index is 609. The molecule has 1 fully saturated rings. The summed E-state index contributed by atoms with van der Waals surface area (Å²) >= 11 is 0. The van der Waals surface area contributed by atoms with Gasteiger partial charge in [-0.25, -0.2) is 4.79 Å². The van der Waals surface area contributed by atoms with Crippen LogP contribution in [0.5, 0.6) is 5.75 Å². The maximum absolute atomic E-state index is 11.8. The number of amides is 3. The molecule has 0 heterocycles. The lowest BCUT2D eigenvalue weighted by atomic mass is 9.86. The number of imide groups is 1. The van der Waals surface area contributed by atoms with Crippen LogP contribution in [0.3, 0.4) is 0 Å². The standard InChI is InChI=1S/C17H21N3O3/c1-12-5-2-3-8-15(12)19-17(22)20-16(21)11-23-14-7-4-6-13(9-14)10-18/h4,6-7,9,12,15H,2-3,5,8,11H2,1H3,(H2,19,20,21,22). The van der Waals surface area contributed by atoms with Gasteiger partial charge >= 0.3 is 6.03 Å². The third-order valence-corrected chi connectivity index (χ3v) is 4.01. The van der Waals surface area contributed by atoms with Crippen molar-refractivity contribution in [1.82, 2.24) is 10.6 Å². The topological polar surface area (TPSA) is 91.2 Å². The minimum Gasteiger partial charge on any atom is -0.484 e. The maximum atomic E-state index is 11.8. The van der Waals surface area contributed by atoms with E-state index >= 15 is 0 Å². The van der Waals surface area contributed by atoms with E-state index in [1.54, 1.807) is 18.2 Å². The fraction of sp³-hybridized carbons (Fsp3) is 0.471. The molecule has 122 valence electrons. The van der Waals surface area contributed by atoms with Crippen LogP contribution in [0.2, 0.25) is 0 Å². The summed E-state index contributed by atoms with van der Waals surface area (Å²) in [4.78, 5) is 23.6. The summed E-state index contributed by atoms with van der Waals surface area (Å²) in [5, 5.41) is 13.9. The van der Waals surface area contributed by atoms with Crippen LogP contribution in [0.15, 0.2) is 24.3 Å². The highest BCUT2D eigenvalue weighted by atomic mass is 16.5. The summed E-state index contributed by atoms with van der Waals surface area (Å²) < 4.78 is 5.28. The first kappa shape index (κ1) is 16.8. The highest BCUT2D eigenvalue weighted by Gasteiger charge is 2.23. The van der Waals surface area contributed by atoms with Gasteiger partial charge in [0.05, 0.1) is 11.6 Å². The van der Waals surface area contributed by atoms with Gasteiger partial charge in [-0.05, 0) is 37.0 Å². The Morgan fingerprint density at radius 1 is 1.35 bits per heavy atom. The number of rotatable bonds is 4. The van der Waals surface area contributed by atoms with E-state index in [2.05, 4.69) is 17.6 Å². The third-order valence-electron chi connectivity index (χ3n) is 4.01. The van der Waals surface area contributed by atoms with Crippen LogP contribution in [-0.2, 0) is 4.79 Å². The Balaban J connectivity index is 1.75. The lowest BCUT2D eigenvalue weighted by Crippen LogP contribution is -2.48. The van der Waals surface area contributed by atoms with Gasteiger partial charge in [0.2, 0.25) is 0 Å². The van der Waals surface area contributed by atoms with Crippen molar-refractivity contribution in [3.8, 4) is 11.8 Å². The molecule has 2 rings (SSSR count). The molecule has 0 aromatic heterocycles. The zero-order valence-electron chi connectivity index (χ0n) is 13.2. The largest absolute Gasteiger partial charge is 0.484 e. The van der Waals surface area contributed by atoms with Gasteiger partial charge in [-0.1, -0.05) is 25.8 Å². The SMILES string of the molecule is CC1CCCCC1NC(=O)NC(=O)COc1cccc(C#N)c1. The summed E-state index contributed by atoms with van der Waals surface area (Å²) in [7, 11) is 0. The van der Waals surface area contributed by atoms with Gasteiger partial charge in [-0.2, -0.15) is 5.26 Å². The number of hydrogen-bond acceptors (Lipinski definition) is 4. The number of carbonyl (C=O) groups is 2. The molecule has 1 aliphatic rings. The zero-order chi connectivity index (χ0) is 16.7. The third kappa shape index (κ3) is 5.29. The number of nitrogens with one attached hydrogen (secondary N) is 2. The molecule has 0 radical (unpaired) electrons. The molecule has 0 aliphatic heterocycles. The molecule has 0 saturated heterocycles. The maximum Gasteiger partial charge on any atom is 0.321 e. The monoisotopic (exact) mass is 315 g/mol. The Morgan fingerprint density at radius 3 is 2.87 bits per heavy atom. The van der Waals surface area contributed by atoms with Crippen LogP contribution < -0.4 is 15.4 Å². The average molecular weight is 315 g/mol. The molecular formula is C17H21N3O3. The highest BCUT2D eigenvalue weighted by molar-refractivity contribution is 5.95. The quantitative estimate of drug-likeness (QED) is 0.892. The van der Waals surface area contributed by atoms with E-state index in [0.717, 1.165) is 19.3 Å². The number of nitrogens with zero attached hydrogens (tertiary/aromatic N) is 1. The first-order chi connectivity index (χ1) is 11.1. The molecule has 0 spiro atoms. The van der Waals surface area contributed by atoms with Crippen LogP contribution in [-0.4, -0.2) is 24.6 Å². The van der Waals surface area contributed by atoms with E-state index in [9.17, 15) is 9.59 Å². The van der Waals surface area contributed by atoms with Crippen molar-refractivity contribution < 1.29 is 14.3 Å². The van der Waals surface area contributed by atoms with E-state index in [-0.39, 0.29) is 12.6 Å². The molecule has 6 nitrogen and oxygen atoms in total. The normalized spacial score (nSPS) is 20.2. The predicted octanol–water partition coefficient (Wildman–Crippen LogP) is 2.34. The minimum atomic E-state index is -0.520. The second-order valence-electron chi connectivity index (χ2n) is 5.82. The number of hydrogen-bond donors (Lipinski definition) is 2. The van der Waals surface area contributed by atoms with Gasteiger partial charge in [0, 0.05) is 6.04 Å². The molecule has 2 unspecified atom stereocenters. The summed E-state index contributed by atoms with van der Waals surface area (Å²) in [6.07, 6.45) is 4.33. The molecule has 6 heteroatoms. The molecule has 3 amide bonds. The molecule has 0 bridgehead atoms. The van der Waals surface area contributed by atoms with Crippen molar-refractivity contribution in [2.75, 3.05) is 6.61 Å². The Labute approximate surface area is 135 Å². The highest BCUT2D eigenvalue weighted by Crippen LogP contribution is 2.23. The minimum absolute atomic E-state index is 0.116. The number of urea groups is 1.